The van der Waals surface area contributed by atoms with Crippen LogP contribution in [-0.2, 0) is 6.54 Å². The van der Waals surface area contributed by atoms with Gasteiger partial charge >= 0.3 is 0 Å². The second-order valence-corrected chi connectivity index (χ2v) is 7.61. The fraction of sp³-hybridized carbons (Fsp3) is 0.273. The molecule has 1 fully saturated rings. The van der Waals surface area contributed by atoms with Crippen molar-refractivity contribution in [1.82, 2.24) is 19.3 Å². The molecule has 5 rings (SSSR count). The molecule has 1 aliphatic carbocycles. The number of nitrogens with zero attached hydrogens (tertiary/aromatic N) is 3. The minimum atomic E-state index is -0.334. The SMILES string of the molecule is N=c1c(C(=O)NC2CCCC2)cc2c(=O)n3ccccc3nc2n1Cc1ccco1. The summed E-state index contributed by atoms with van der Waals surface area (Å²) in [7, 11) is 0. The smallest absolute Gasteiger partial charge is 0.267 e. The Morgan fingerprint density at radius 3 is 2.83 bits per heavy atom. The number of carbonyl (C=O) groups is 1. The molecular weight excluding hydrogens is 382 g/mol. The number of amides is 1. The molecule has 1 aliphatic rings. The quantitative estimate of drug-likeness (QED) is 0.511. The highest BCUT2D eigenvalue weighted by molar-refractivity contribution is 5.97. The maximum absolute atomic E-state index is 13.2. The zero-order valence-corrected chi connectivity index (χ0v) is 16.3. The first-order chi connectivity index (χ1) is 14.6. The second-order valence-electron chi connectivity index (χ2n) is 7.61. The monoisotopic (exact) mass is 403 g/mol. The van der Waals surface area contributed by atoms with Gasteiger partial charge in [0, 0.05) is 12.2 Å². The van der Waals surface area contributed by atoms with Crippen molar-refractivity contribution in [2.24, 2.45) is 0 Å². The summed E-state index contributed by atoms with van der Waals surface area (Å²) in [5, 5.41) is 12.0. The molecule has 8 nitrogen and oxygen atoms in total. The topological polar surface area (TPSA) is 105 Å². The third-order valence-electron chi connectivity index (χ3n) is 5.65. The molecule has 4 aromatic heterocycles. The van der Waals surface area contributed by atoms with Crippen molar-refractivity contribution < 1.29 is 9.21 Å². The van der Waals surface area contributed by atoms with E-state index < -0.39 is 0 Å². The largest absolute Gasteiger partial charge is 0.467 e. The second kappa shape index (κ2) is 7.29. The van der Waals surface area contributed by atoms with Crippen molar-refractivity contribution in [2.75, 3.05) is 0 Å². The van der Waals surface area contributed by atoms with E-state index in [-0.39, 0.29) is 40.5 Å². The maximum atomic E-state index is 13.2. The fourth-order valence-electron chi connectivity index (χ4n) is 4.11. The van der Waals surface area contributed by atoms with Crippen LogP contribution < -0.4 is 16.4 Å². The molecule has 152 valence electrons. The lowest BCUT2D eigenvalue weighted by atomic mass is 10.1. The van der Waals surface area contributed by atoms with E-state index in [9.17, 15) is 9.59 Å². The molecule has 0 radical (unpaired) electrons. The van der Waals surface area contributed by atoms with Crippen molar-refractivity contribution in [3.63, 3.8) is 0 Å². The molecule has 0 atom stereocenters. The number of rotatable bonds is 4. The van der Waals surface area contributed by atoms with Gasteiger partial charge in [0.1, 0.15) is 22.5 Å². The Bertz CT molecular complexity index is 1360. The number of hydrogen-bond acceptors (Lipinski definition) is 5. The normalized spacial score (nSPS) is 14.5. The molecule has 0 spiro atoms. The summed E-state index contributed by atoms with van der Waals surface area (Å²) in [5.41, 5.74) is 0.715. The van der Waals surface area contributed by atoms with Gasteiger partial charge in [-0.05, 0) is 43.2 Å². The Morgan fingerprint density at radius 1 is 1.23 bits per heavy atom. The van der Waals surface area contributed by atoms with Crippen LogP contribution in [0.25, 0.3) is 16.7 Å². The highest BCUT2D eigenvalue weighted by atomic mass is 16.3. The van der Waals surface area contributed by atoms with E-state index in [1.165, 1.54) is 10.5 Å². The van der Waals surface area contributed by atoms with Gasteiger partial charge in [0.15, 0.2) is 0 Å². The van der Waals surface area contributed by atoms with Crippen LogP contribution >= 0.6 is 0 Å². The predicted octanol–water partition coefficient (Wildman–Crippen LogP) is 2.44. The van der Waals surface area contributed by atoms with E-state index in [0.29, 0.717) is 17.1 Å². The summed E-state index contributed by atoms with van der Waals surface area (Å²) >= 11 is 0. The molecule has 0 unspecified atom stereocenters. The van der Waals surface area contributed by atoms with Crippen LogP contribution in [0.3, 0.4) is 0 Å². The van der Waals surface area contributed by atoms with Crippen LogP contribution in [0, 0.1) is 5.41 Å². The number of carbonyl (C=O) groups excluding carboxylic acids is 1. The molecule has 1 amide bonds. The van der Waals surface area contributed by atoms with Crippen molar-refractivity contribution in [2.45, 2.75) is 38.3 Å². The van der Waals surface area contributed by atoms with Gasteiger partial charge in [-0.1, -0.05) is 18.9 Å². The summed E-state index contributed by atoms with van der Waals surface area (Å²) in [6, 6.07) is 10.5. The Hall–Kier alpha value is -3.68. The average molecular weight is 403 g/mol. The molecule has 0 bridgehead atoms. The van der Waals surface area contributed by atoms with Gasteiger partial charge in [-0.2, -0.15) is 0 Å². The van der Waals surface area contributed by atoms with Crippen LogP contribution in [0.4, 0.5) is 0 Å². The van der Waals surface area contributed by atoms with Crippen LogP contribution in [0.5, 0.6) is 0 Å². The molecule has 30 heavy (non-hydrogen) atoms. The van der Waals surface area contributed by atoms with Crippen LogP contribution in [-0.4, -0.2) is 25.9 Å². The van der Waals surface area contributed by atoms with Gasteiger partial charge in [-0.15, -0.1) is 0 Å². The average Bonchev–Trinajstić information content (AvgIpc) is 3.44. The van der Waals surface area contributed by atoms with Gasteiger partial charge in [-0.25, -0.2) is 4.98 Å². The van der Waals surface area contributed by atoms with Gasteiger partial charge in [0.2, 0.25) is 0 Å². The molecule has 2 N–H and O–H groups in total. The minimum absolute atomic E-state index is 0.00146. The lowest BCUT2D eigenvalue weighted by Gasteiger charge is -2.16. The number of nitrogens with one attached hydrogen (secondary N) is 2. The van der Waals surface area contributed by atoms with E-state index >= 15 is 0 Å². The van der Waals surface area contributed by atoms with E-state index in [1.54, 1.807) is 47.4 Å². The molecule has 0 aliphatic heterocycles. The number of pyridine rings is 2. The van der Waals surface area contributed by atoms with Crippen molar-refractivity contribution in [3.8, 4) is 0 Å². The van der Waals surface area contributed by atoms with Gasteiger partial charge in [0.25, 0.3) is 11.5 Å². The lowest BCUT2D eigenvalue weighted by molar-refractivity contribution is 0.0935. The first-order valence-electron chi connectivity index (χ1n) is 10.0. The molecule has 0 aromatic carbocycles. The molecular formula is C22H21N5O3. The molecule has 4 heterocycles. The van der Waals surface area contributed by atoms with Gasteiger partial charge in [0.05, 0.1) is 23.8 Å². The zero-order valence-electron chi connectivity index (χ0n) is 16.3. The van der Waals surface area contributed by atoms with E-state index in [0.717, 1.165) is 25.7 Å². The maximum Gasteiger partial charge on any atom is 0.267 e. The Labute approximate surface area is 171 Å². The van der Waals surface area contributed by atoms with Crippen molar-refractivity contribution in [1.29, 1.82) is 5.41 Å². The van der Waals surface area contributed by atoms with Crippen molar-refractivity contribution >= 4 is 22.6 Å². The highest BCUT2D eigenvalue weighted by Gasteiger charge is 2.22. The summed E-state index contributed by atoms with van der Waals surface area (Å²) in [5.74, 6) is 0.276. The minimum Gasteiger partial charge on any atom is -0.467 e. The first kappa shape index (κ1) is 18.4. The summed E-state index contributed by atoms with van der Waals surface area (Å²) in [6.07, 6.45) is 7.25. The third kappa shape index (κ3) is 3.10. The highest BCUT2D eigenvalue weighted by Crippen LogP contribution is 2.18. The van der Waals surface area contributed by atoms with Gasteiger partial charge in [-0.3, -0.25) is 19.4 Å². The Kier molecular flexibility index (Phi) is 4.46. The van der Waals surface area contributed by atoms with Crippen molar-refractivity contribution in [3.05, 3.63) is 76.0 Å². The van der Waals surface area contributed by atoms with Crippen LogP contribution in [0.15, 0.2) is 58.1 Å². The standard InChI is InChI=1S/C22H21N5O3/c23-19-16(21(28)24-14-6-1-2-7-14)12-17-20(27(19)13-15-8-5-11-30-15)25-18-9-3-4-10-26(18)22(17)29/h3-5,8-12,14,23H,1-2,6-7,13H2,(H,24,28). The fourth-order valence-corrected chi connectivity index (χ4v) is 4.11. The van der Waals surface area contributed by atoms with Crippen LogP contribution in [0.1, 0.15) is 41.8 Å². The number of furan rings is 1. The Morgan fingerprint density at radius 2 is 2.07 bits per heavy atom. The summed E-state index contributed by atoms with van der Waals surface area (Å²) in [6.45, 7) is 0.197. The van der Waals surface area contributed by atoms with E-state index in [2.05, 4.69) is 10.3 Å². The number of hydrogen-bond donors (Lipinski definition) is 2. The molecule has 8 heteroatoms. The first-order valence-corrected chi connectivity index (χ1v) is 10.0. The summed E-state index contributed by atoms with van der Waals surface area (Å²) < 4.78 is 8.46. The lowest BCUT2D eigenvalue weighted by Crippen LogP contribution is -2.38. The Balaban J connectivity index is 1.74. The zero-order chi connectivity index (χ0) is 20.7. The van der Waals surface area contributed by atoms with E-state index in [4.69, 9.17) is 9.83 Å². The molecule has 1 saturated carbocycles. The number of aromatic nitrogens is 3. The summed E-state index contributed by atoms with van der Waals surface area (Å²) in [4.78, 5) is 30.8. The third-order valence-corrected chi connectivity index (χ3v) is 5.65. The predicted molar refractivity (Wildman–Crippen MR) is 110 cm³/mol. The molecule has 0 saturated heterocycles. The molecule has 4 aromatic rings. The van der Waals surface area contributed by atoms with Gasteiger partial charge < -0.3 is 14.3 Å². The number of fused-ring (bicyclic) bond motifs is 2. The van der Waals surface area contributed by atoms with E-state index in [1.807, 2.05) is 0 Å². The van der Waals surface area contributed by atoms with Crippen LogP contribution in [0.2, 0.25) is 0 Å².